The number of piperazine rings is 1. The van der Waals surface area contributed by atoms with Crippen LogP contribution in [0.3, 0.4) is 0 Å². The van der Waals surface area contributed by atoms with Crippen LogP contribution in [0.4, 0.5) is 0 Å². The maximum Gasteiger partial charge on any atom is 0.236 e. The number of aliphatic hydroxyl groups excluding tert-OH is 1. The molecule has 0 bridgehead atoms. The van der Waals surface area contributed by atoms with Crippen LogP contribution in [0, 0.1) is 5.92 Å². The zero-order valence-electron chi connectivity index (χ0n) is 19.2. The number of amides is 1. The highest BCUT2D eigenvalue weighted by Gasteiger charge is 2.24. The van der Waals surface area contributed by atoms with E-state index >= 15 is 0 Å². The third-order valence-electron chi connectivity index (χ3n) is 6.06. The monoisotopic (exact) mass is 537 g/mol. The van der Waals surface area contributed by atoms with Crippen LogP contribution in [0.5, 0.6) is 0 Å². The lowest BCUT2D eigenvalue weighted by atomic mass is 10.0. The van der Waals surface area contributed by atoms with Crippen molar-refractivity contribution in [3.05, 3.63) is 0 Å². The highest BCUT2D eigenvalue weighted by molar-refractivity contribution is 14.0. The van der Waals surface area contributed by atoms with Crippen molar-refractivity contribution in [2.45, 2.75) is 58.8 Å². The first-order chi connectivity index (χ1) is 14.2. The van der Waals surface area contributed by atoms with Gasteiger partial charge in [-0.15, -0.1) is 24.0 Å². The molecule has 1 atom stereocenters. The molecule has 0 aromatic rings. The topological polar surface area (TPSA) is 71.4 Å². The summed E-state index contributed by atoms with van der Waals surface area (Å²) in [5, 5.41) is 12.7. The second kappa shape index (κ2) is 16.1. The molecular formula is C22H44IN5O2. The van der Waals surface area contributed by atoms with E-state index in [0.717, 1.165) is 90.4 Å². The molecular weight excluding hydrogens is 493 g/mol. The Bertz CT molecular complexity index is 484. The second-order valence-electron chi connectivity index (χ2n) is 8.42. The van der Waals surface area contributed by atoms with Crippen LogP contribution in [0.15, 0.2) is 4.99 Å². The molecule has 0 saturated carbocycles. The fourth-order valence-electron chi connectivity index (χ4n) is 4.29. The van der Waals surface area contributed by atoms with Gasteiger partial charge in [0.1, 0.15) is 0 Å². The molecule has 30 heavy (non-hydrogen) atoms. The third-order valence-corrected chi connectivity index (χ3v) is 6.06. The van der Waals surface area contributed by atoms with Gasteiger partial charge in [0.15, 0.2) is 5.96 Å². The van der Waals surface area contributed by atoms with Gasteiger partial charge in [-0.2, -0.15) is 0 Å². The highest BCUT2D eigenvalue weighted by atomic mass is 127. The number of carbonyl (C=O) groups is 1. The minimum absolute atomic E-state index is 0. The van der Waals surface area contributed by atoms with Crippen molar-refractivity contribution in [2.24, 2.45) is 10.9 Å². The van der Waals surface area contributed by atoms with E-state index in [4.69, 9.17) is 4.99 Å². The van der Waals surface area contributed by atoms with Crippen LogP contribution in [0.2, 0.25) is 0 Å². The van der Waals surface area contributed by atoms with E-state index < -0.39 is 0 Å². The zero-order chi connectivity index (χ0) is 20.9. The minimum Gasteiger partial charge on any atom is -0.396 e. The lowest BCUT2D eigenvalue weighted by Crippen LogP contribution is -2.54. The quantitative estimate of drug-likeness (QED) is 0.269. The van der Waals surface area contributed by atoms with Gasteiger partial charge in [0.25, 0.3) is 0 Å². The van der Waals surface area contributed by atoms with E-state index in [0.29, 0.717) is 18.4 Å². The first-order valence-electron chi connectivity index (χ1n) is 11.8. The standard InChI is InChI=1S/C22H43N5O2.HI/c1-3-9-20(10-17-28)18-24-22(23-4-2)27-15-13-25(14-16-27)19-21(29)26-11-7-5-6-8-12-26;/h20,28H,3-19H2,1-2H3,(H,23,24);1H. The van der Waals surface area contributed by atoms with Gasteiger partial charge in [-0.25, -0.2) is 0 Å². The zero-order valence-corrected chi connectivity index (χ0v) is 21.5. The smallest absolute Gasteiger partial charge is 0.236 e. The Labute approximate surface area is 200 Å². The number of carbonyl (C=O) groups excluding carboxylic acids is 1. The van der Waals surface area contributed by atoms with Gasteiger partial charge in [0.05, 0.1) is 6.54 Å². The minimum atomic E-state index is 0. The Morgan fingerprint density at radius 2 is 1.63 bits per heavy atom. The number of guanidine groups is 1. The van der Waals surface area contributed by atoms with Gasteiger partial charge >= 0.3 is 0 Å². The molecule has 2 fully saturated rings. The maximum absolute atomic E-state index is 12.7. The SMILES string of the molecule is CCCC(CCO)CN=C(NCC)N1CCN(CC(=O)N2CCCCCC2)CC1.I. The molecule has 2 heterocycles. The maximum atomic E-state index is 12.7. The van der Waals surface area contributed by atoms with Gasteiger partial charge in [-0.3, -0.25) is 14.7 Å². The van der Waals surface area contributed by atoms with Gasteiger partial charge in [0.2, 0.25) is 5.91 Å². The van der Waals surface area contributed by atoms with E-state index in [9.17, 15) is 9.90 Å². The summed E-state index contributed by atoms with van der Waals surface area (Å²) in [6.07, 6.45) is 7.87. The number of aliphatic imine (C=N–C) groups is 1. The third kappa shape index (κ3) is 9.68. The number of hydrogen-bond donors (Lipinski definition) is 2. The molecule has 2 rings (SSSR count). The van der Waals surface area contributed by atoms with Gasteiger partial charge < -0.3 is 20.2 Å². The summed E-state index contributed by atoms with van der Waals surface area (Å²) in [6.45, 7) is 12.2. The fraction of sp³-hybridized carbons (Fsp3) is 0.909. The fourth-order valence-corrected chi connectivity index (χ4v) is 4.29. The number of likely N-dealkylation sites (tertiary alicyclic amines) is 1. The summed E-state index contributed by atoms with van der Waals surface area (Å²) in [5.41, 5.74) is 0. The summed E-state index contributed by atoms with van der Waals surface area (Å²) >= 11 is 0. The number of nitrogens with one attached hydrogen (secondary N) is 1. The Balaban J connectivity index is 0.00000450. The largest absolute Gasteiger partial charge is 0.396 e. The summed E-state index contributed by atoms with van der Waals surface area (Å²) in [4.78, 5) is 24.2. The van der Waals surface area contributed by atoms with Crippen LogP contribution in [-0.4, -0.2) is 97.2 Å². The molecule has 2 N–H and O–H groups in total. The first-order valence-corrected chi connectivity index (χ1v) is 11.8. The normalized spacial score (nSPS) is 19.8. The summed E-state index contributed by atoms with van der Waals surface area (Å²) in [5.74, 6) is 1.73. The average molecular weight is 538 g/mol. The van der Waals surface area contributed by atoms with Gasteiger partial charge in [-0.05, 0) is 38.5 Å². The molecule has 0 aromatic carbocycles. The number of rotatable bonds is 9. The molecule has 2 aliphatic rings. The van der Waals surface area contributed by atoms with Crippen molar-refractivity contribution in [2.75, 3.05) is 65.5 Å². The molecule has 0 radical (unpaired) electrons. The Morgan fingerprint density at radius 3 is 2.20 bits per heavy atom. The molecule has 7 nitrogen and oxygen atoms in total. The summed E-state index contributed by atoms with van der Waals surface area (Å²) < 4.78 is 0. The van der Waals surface area contributed by atoms with Crippen molar-refractivity contribution >= 4 is 35.8 Å². The van der Waals surface area contributed by atoms with Crippen molar-refractivity contribution in [1.29, 1.82) is 0 Å². The Hall–Kier alpha value is -0.610. The molecule has 8 heteroatoms. The summed E-state index contributed by atoms with van der Waals surface area (Å²) in [6, 6.07) is 0. The van der Waals surface area contributed by atoms with Gasteiger partial charge in [-0.1, -0.05) is 26.2 Å². The van der Waals surface area contributed by atoms with Gasteiger partial charge in [0, 0.05) is 59.0 Å². The van der Waals surface area contributed by atoms with Crippen LogP contribution < -0.4 is 5.32 Å². The van der Waals surface area contributed by atoms with E-state index in [1.54, 1.807) is 0 Å². The predicted octanol–water partition coefficient (Wildman–Crippen LogP) is 2.39. The number of halogens is 1. The molecule has 0 spiro atoms. The average Bonchev–Trinajstić information content (AvgIpc) is 3.02. The van der Waals surface area contributed by atoms with Crippen LogP contribution in [0.1, 0.15) is 58.8 Å². The lowest BCUT2D eigenvalue weighted by molar-refractivity contribution is -0.132. The van der Waals surface area contributed by atoms with E-state index in [-0.39, 0.29) is 30.6 Å². The summed E-state index contributed by atoms with van der Waals surface area (Å²) in [7, 11) is 0. The first kappa shape index (κ1) is 27.4. The number of aliphatic hydroxyl groups is 1. The highest BCUT2D eigenvalue weighted by Crippen LogP contribution is 2.13. The number of hydrogen-bond acceptors (Lipinski definition) is 4. The van der Waals surface area contributed by atoms with Crippen molar-refractivity contribution in [3.8, 4) is 0 Å². The molecule has 2 saturated heterocycles. The van der Waals surface area contributed by atoms with Crippen molar-refractivity contribution < 1.29 is 9.90 Å². The molecule has 1 amide bonds. The van der Waals surface area contributed by atoms with Crippen LogP contribution >= 0.6 is 24.0 Å². The van der Waals surface area contributed by atoms with E-state index in [1.807, 2.05) is 0 Å². The predicted molar refractivity (Wildman–Crippen MR) is 135 cm³/mol. The molecule has 2 aliphatic heterocycles. The number of nitrogens with zero attached hydrogens (tertiary/aromatic N) is 4. The molecule has 0 aromatic heterocycles. The van der Waals surface area contributed by atoms with E-state index in [2.05, 4.69) is 33.9 Å². The molecule has 1 unspecified atom stereocenters. The molecule has 0 aliphatic carbocycles. The van der Waals surface area contributed by atoms with Crippen molar-refractivity contribution in [1.82, 2.24) is 20.0 Å². The Kier molecular flexibility index (Phi) is 14.7. The Morgan fingerprint density at radius 1 is 0.967 bits per heavy atom. The van der Waals surface area contributed by atoms with Crippen molar-refractivity contribution in [3.63, 3.8) is 0 Å². The second-order valence-corrected chi connectivity index (χ2v) is 8.42. The van der Waals surface area contributed by atoms with Crippen LogP contribution in [-0.2, 0) is 4.79 Å². The molecule has 176 valence electrons. The lowest BCUT2D eigenvalue weighted by Gasteiger charge is -2.37. The van der Waals surface area contributed by atoms with E-state index in [1.165, 1.54) is 12.8 Å². The van der Waals surface area contributed by atoms with Crippen LogP contribution in [0.25, 0.3) is 0 Å².